The van der Waals surface area contributed by atoms with Crippen molar-refractivity contribution in [2.75, 3.05) is 19.8 Å². The largest absolute Gasteiger partial charge is 0.481 e. The number of hydrogen-bond donors (Lipinski definition) is 1. The first-order chi connectivity index (χ1) is 10.5. The summed E-state index contributed by atoms with van der Waals surface area (Å²) in [7, 11) is 0. The number of carboxylic acids is 1. The third-order valence-corrected chi connectivity index (χ3v) is 3.91. The lowest BCUT2D eigenvalue weighted by Gasteiger charge is -2.34. The number of aliphatic carboxylic acids is 1. The normalized spacial score (nSPS) is 15.7. The molecular weight excluding hydrogens is 286 g/mol. The average molecular weight is 309 g/mol. The fourth-order valence-electron chi connectivity index (χ4n) is 2.78. The van der Waals surface area contributed by atoms with Crippen LogP contribution in [0, 0.1) is 13.8 Å². The van der Waals surface area contributed by atoms with Gasteiger partial charge in [-0.15, -0.1) is 0 Å². The van der Waals surface area contributed by atoms with E-state index in [1.54, 1.807) is 9.58 Å². The molecule has 1 aromatic rings. The first-order valence-electron chi connectivity index (χ1n) is 7.57. The van der Waals surface area contributed by atoms with Crippen molar-refractivity contribution in [2.24, 2.45) is 0 Å². The fraction of sp³-hybridized carbons (Fsp3) is 0.667. The highest BCUT2D eigenvalue weighted by atomic mass is 16.5. The quantitative estimate of drug-likeness (QED) is 0.847. The Balaban J connectivity index is 2.06. The van der Waals surface area contributed by atoms with Crippen molar-refractivity contribution in [2.45, 2.75) is 45.7 Å². The molecule has 122 valence electrons. The van der Waals surface area contributed by atoms with Gasteiger partial charge in [0.2, 0.25) is 5.91 Å². The zero-order valence-corrected chi connectivity index (χ0v) is 13.1. The minimum absolute atomic E-state index is 0.0415. The number of hydrogen-bond acceptors (Lipinski definition) is 4. The molecule has 1 saturated heterocycles. The van der Waals surface area contributed by atoms with Crippen LogP contribution < -0.4 is 0 Å². The molecule has 0 saturated carbocycles. The summed E-state index contributed by atoms with van der Waals surface area (Å²) in [4.78, 5) is 25.1. The molecule has 0 spiro atoms. The van der Waals surface area contributed by atoms with Gasteiger partial charge in [0.25, 0.3) is 0 Å². The second-order valence-electron chi connectivity index (χ2n) is 5.66. The number of amides is 1. The number of aromatic nitrogens is 2. The molecule has 1 fully saturated rings. The first kappa shape index (κ1) is 16.5. The maximum Gasteiger partial charge on any atom is 0.305 e. The second kappa shape index (κ2) is 7.40. The van der Waals surface area contributed by atoms with Crippen LogP contribution in [0.25, 0.3) is 0 Å². The molecule has 1 aliphatic rings. The molecule has 0 aliphatic carbocycles. The number of nitrogens with zero attached hydrogens (tertiary/aromatic N) is 3. The minimum Gasteiger partial charge on any atom is -0.481 e. The van der Waals surface area contributed by atoms with Gasteiger partial charge in [0.05, 0.1) is 12.1 Å². The minimum atomic E-state index is -0.893. The van der Waals surface area contributed by atoms with Crippen LogP contribution in [0.1, 0.15) is 30.7 Å². The van der Waals surface area contributed by atoms with Gasteiger partial charge in [0, 0.05) is 31.5 Å². The van der Waals surface area contributed by atoms with Crippen LogP contribution in [0.5, 0.6) is 0 Å². The van der Waals surface area contributed by atoms with E-state index >= 15 is 0 Å². The van der Waals surface area contributed by atoms with Crippen molar-refractivity contribution in [3.05, 3.63) is 17.5 Å². The van der Waals surface area contributed by atoms with E-state index in [0.717, 1.165) is 24.2 Å². The molecule has 1 amide bonds. The van der Waals surface area contributed by atoms with Gasteiger partial charge < -0.3 is 14.7 Å². The molecule has 1 aliphatic heterocycles. The van der Waals surface area contributed by atoms with Crippen LogP contribution in [0.3, 0.4) is 0 Å². The summed E-state index contributed by atoms with van der Waals surface area (Å²) in [5.41, 5.74) is 1.80. The van der Waals surface area contributed by atoms with Gasteiger partial charge in [-0.05, 0) is 32.8 Å². The Morgan fingerprint density at radius 3 is 2.64 bits per heavy atom. The zero-order valence-electron chi connectivity index (χ0n) is 13.1. The lowest BCUT2D eigenvalue weighted by molar-refractivity contribution is -0.140. The Hall–Kier alpha value is -1.89. The zero-order chi connectivity index (χ0) is 16.1. The summed E-state index contributed by atoms with van der Waals surface area (Å²) < 4.78 is 7.00. The van der Waals surface area contributed by atoms with Gasteiger partial charge >= 0.3 is 5.97 Å². The maximum absolute atomic E-state index is 12.6. The van der Waals surface area contributed by atoms with Gasteiger partial charge in [-0.1, -0.05) is 0 Å². The predicted molar refractivity (Wildman–Crippen MR) is 79.5 cm³/mol. The molecule has 2 heterocycles. The van der Waals surface area contributed by atoms with Crippen LogP contribution in [0.4, 0.5) is 0 Å². The SMILES string of the molecule is Cc1cc(C)n(CC(=O)N(CCC(=O)O)C2CCOCC2)n1. The Morgan fingerprint density at radius 2 is 2.09 bits per heavy atom. The van der Waals surface area contributed by atoms with Crippen LogP contribution in [-0.2, 0) is 20.9 Å². The van der Waals surface area contributed by atoms with E-state index in [1.165, 1.54) is 0 Å². The number of carbonyl (C=O) groups is 2. The van der Waals surface area contributed by atoms with Crippen molar-refractivity contribution < 1.29 is 19.4 Å². The number of carboxylic acid groups (broad SMARTS) is 1. The van der Waals surface area contributed by atoms with E-state index in [2.05, 4.69) is 5.10 Å². The highest BCUT2D eigenvalue weighted by Gasteiger charge is 2.26. The monoisotopic (exact) mass is 309 g/mol. The fourth-order valence-corrected chi connectivity index (χ4v) is 2.78. The van der Waals surface area contributed by atoms with Gasteiger partial charge in [0.15, 0.2) is 0 Å². The summed E-state index contributed by atoms with van der Waals surface area (Å²) in [6.07, 6.45) is 1.46. The van der Waals surface area contributed by atoms with Crippen molar-refractivity contribution >= 4 is 11.9 Å². The second-order valence-corrected chi connectivity index (χ2v) is 5.66. The molecule has 0 bridgehead atoms. The summed E-state index contributed by atoms with van der Waals surface area (Å²) in [5.74, 6) is -0.977. The molecular formula is C15H23N3O4. The van der Waals surface area contributed by atoms with Crippen LogP contribution in [0.15, 0.2) is 6.07 Å². The molecule has 1 N–H and O–H groups in total. The topological polar surface area (TPSA) is 84.7 Å². The number of aryl methyl sites for hydroxylation is 2. The summed E-state index contributed by atoms with van der Waals surface area (Å²) in [5, 5.41) is 13.2. The predicted octanol–water partition coefficient (Wildman–Crippen LogP) is 0.982. The van der Waals surface area contributed by atoms with Crippen molar-refractivity contribution in [3.8, 4) is 0 Å². The first-order valence-corrected chi connectivity index (χ1v) is 7.57. The molecule has 0 aromatic carbocycles. The Morgan fingerprint density at radius 1 is 1.41 bits per heavy atom. The Labute approximate surface area is 129 Å². The van der Waals surface area contributed by atoms with Crippen molar-refractivity contribution in [1.82, 2.24) is 14.7 Å². The van der Waals surface area contributed by atoms with E-state index in [9.17, 15) is 9.59 Å². The summed E-state index contributed by atoms with van der Waals surface area (Å²) in [6, 6.07) is 1.97. The third-order valence-electron chi connectivity index (χ3n) is 3.91. The summed E-state index contributed by atoms with van der Waals surface area (Å²) in [6.45, 7) is 5.40. The number of ether oxygens (including phenoxy) is 1. The van der Waals surface area contributed by atoms with Gasteiger partial charge in [-0.25, -0.2) is 0 Å². The van der Waals surface area contributed by atoms with Crippen molar-refractivity contribution in [1.29, 1.82) is 0 Å². The number of rotatable bonds is 6. The highest BCUT2D eigenvalue weighted by molar-refractivity contribution is 5.77. The van der Waals surface area contributed by atoms with E-state index in [4.69, 9.17) is 9.84 Å². The van der Waals surface area contributed by atoms with Crippen LogP contribution >= 0.6 is 0 Å². The number of carbonyl (C=O) groups excluding carboxylic acids is 1. The van der Waals surface area contributed by atoms with E-state index in [-0.39, 0.29) is 31.5 Å². The molecule has 0 radical (unpaired) electrons. The molecule has 2 rings (SSSR count). The lowest BCUT2D eigenvalue weighted by Crippen LogP contribution is -2.46. The molecule has 7 heteroatoms. The lowest BCUT2D eigenvalue weighted by atomic mass is 10.1. The van der Waals surface area contributed by atoms with Crippen molar-refractivity contribution in [3.63, 3.8) is 0 Å². The van der Waals surface area contributed by atoms with Gasteiger partial charge in [-0.3, -0.25) is 14.3 Å². The molecule has 22 heavy (non-hydrogen) atoms. The van der Waals surface area contributed by atoms with Gasteiger partial charge in [0.1, 0.15) is 6.54 Å². The molecule has 7 nitrogen and oxygen atoms in total. The standard InChI is InChI=1S/C15H23N3O4/c1-11-9-12(2)18(16-11)10-14(19)17(6-3-15(20)21)13-4-7-22-8-5-13/h9,13H,3-8,10H2,1-2H3,(H,20,21). The van der Waals surface area contributed by atoms with Gasteiger partial charge in [-0.2, -0.15) is 5.10 Å². The molecule has 1 aromatic heterocycles. The van der Waals surface area contributed by atoms with Crippen LogP contribution in [-0.4, -0.2) is 57.5 Å². The Kier molecular flexibility index (Phi) is 5.54. The van der Waals surface area contributed by atoms with E-state index in [1.807, 2.05) is 19.9 Å². The third kappa shape index (κ3) is 4.30. The van der Waals surface area contributed by atoms with E-state index < -0.39 is 5.97 Å². The molecule has 0 atom stereocenters. The summed E-state index contributed by atoms with van der Waals surface area (Å²) >= 11 is 0. The average Bonchev–Trinajstić information content (AvgIpc) is 2.78. The van der Waals surface area contributed by atoms with Crippen LogP contribution in [0.2, 0.25) is 0 Å². The maximum atomic E-state index is 12.6. The van der Waals surface area contributed by atoms with E-state index in [0.29, 0.717) is 13.2 Å². The Bertz CT molecular complexity index is 535. The highest BCUT2D eigenvalue weighted by Crippen LogP contribution is 2.16. The smallest absolute Gasteiger partial charge is 0.305 e. The molecule has 0 unspecified atom stereocenters.